The van der Waals surface area contributed by atoms with Crippen LogP contribution < -0.4 is 11.1 Å². The second kappa shape index (κ2) is 5.63. The van der Waals surface area contributed by atoms with Crippen LogP contribution in [0.2, 0.25) is 0 Å². The number of benzene rings is 1. The van der Waals surface area contributed by atoms with E-state index in [1.807, 2.05) is 18.2 Å². The van der Waals surface area contributed by atoms with E-state index in [9.17, 15) is 8.78 Å². The number of nitrogens with one attached hydrogen (secondary N) is 1. The van der Waals surface area contributed by atoms with Crippen LogP contribution in [0.3, 0.4) is 0 Å². The van der Waals surface area contributed by atoms with Crippen LogP contribution in [0, 0.1) is 0 Å². The molecule has 0 aliphatic heterocycles. The van der Waals surface area contributed by atoms with Gasteiger partial charge in [0.25, 0.3) is 6.43 Å². The Morgan fingerprint density at radius 3 is 2.86 bits per heavy atom. The summed E-state index contributed by atoms with van der Waals surface area (Å²) in [6.45, 7) is 0. The van der Waals surface area contributed by atoms with E-state index in [2.05, 4.69) is 15.3 Å². The Morgan fingerprint density at radius 2 is 2.05 bits per heavy atom. The van der Waals surface area contributed by atoms with Gasteiger partial charge in [-0.25, -0.2) is 18.7 Å². The van der Waals surface area contributed by atoms with Crippen molar-refractivity contribution in [3.63, 3.8) is 0 Å². The number of halogens is 2. The molecule has 0 amide bonds. The minimum atomic E-state index is -2.64. The first-order valence-corrected chi connectivity index (χ1v) is 6.89. The molecular formula is C15H16F2N4. The minimum Gasteiger partial charge on any atom is -0.399 e. The zero-order chi connectivity index (χ0) is 14.8. The largest absolute Gasteiger partial charge is 0.399 e. The van der Waals surface area contributed by atoms with Gasteiger partial charge in [0.15, 0.2) is 5.82 Å². The van der Waals surface area contributed by atoms with Crippen LogP contribution in [0.4, 0.5) is 20.3 Å². The molecule has 0 saturated heterocycles. The molecule has 1 aliphatic rings. The van der Waals surface area contributed by atoms with Gasteiger partial charge in [0.05, 0.1) is 6.04 Å². The number of aryl methyl sites for hydroxylation is 1. The monoisotopic (exact) mass is 290 g/mol. The Balaban J connectivity index is 1.91. The highest BCUT2D eigenvalue weighted by molar-refractivity contribution is 5.50. The van der Waals surface area contributed by atoms with Crippen molar-refractivity contribution in [1.82, 2.24) is 9.97 Å². The Morgan fingerprint density at radius 1 is 1.24 bits per heavy atom. The third-order valence-electron chi connectivity index (χ3n) is 3.73. The zero-order valence-corrected chi connectivity index (χ0v) is 11.4. The fourth-order valence-electron chi connectivity index (χ4n) is 2.77. The third kappa shape index (κ3) is 2.79. The fourth-order valence-corrected chi connectivity index (χ4v) is 2.77. The highest BCUT2D eigenvalue weighted by Crippen LogP contribution is 2.34. The first-order valence-electron chi connectivity index (χ1n) is 6.89. The van der Waals surface area contributed by atoms with E-state index in [0.29, 0.717) is 0 Å². The van der Waals surface area contributed by atoms with Crippen LogP contribution >= 0.6 is 0 Å². The van der Waals surface area contributed by atoms with Gasteiger partial charge < -0.3 is 11.1 Å². The van der Waals surface area contributed by atoms with Gasteiger partial charge in [-0.05, 0) is 42.5 Å². The summed E-state index contributed by atoms with van der Waals surface area (Å²) in [4.78, 5) is 7.72. The molecule has 1 unspecified atom stereocenters. The van der Waals surface area contributed by atoms with Crippen LogP contribution in [-0.2, 0) is 6.42 Å². The normalized spacial score (nSPS) is 17.6. The van der Waals surface area contributed by atoms with Gasteiger partial charge in [0.1, 0.15) is 5.69 Å². The van der Waals surface area contributed by atoms with Crippen LogP contribution in [0.25, 0.3) is 0 Å². The van der Waals surface area contributed by atoms with Gasteiger partial charge in [-0.15, -0.1) is 0 Å². The number of hydrogen-bond donors (Lipinski definition) is 2. The number of nitrogens with zero attached hydrogens (tertiary/aromatic N) is 2. The molecule has 3 N–H and O–H groups in total. The lowest BCUT2D eigenvalue weighted by molar-refractivity contribution is 0.146. The van der Waals surface area contributed by atoms with Crippen LogP contribution in [0.1, 0.15) is 42.1 Å². The Labute approximate surface area is 121 Å². The van der Waals surface area contributed by atoms with Crippen LogP contribution in [-0.4, -0.2) is 9.97 Å². The first kappa shape index (κ1) is 13.7. The van der Waals surface area contributed by atoms with Gasteiger partial charge in [0, 0.05) is 18.1 Å². The van der Waals surface area contributed by atoms with E-state index in [0.717, 1.165) is 30.5 Å². The molecule has 6 heteroatoms. The SMILES string of the molecule is Nc1ccc2c(c1)CCCC2Nc1nccnc1C(F)F. The number of hydrogen-bond acceptors (Lipinski definition) is 4. The van der Waals surface area contributed by atoms with E-state index in [4.69, 9.17) is 5.73 Å². The maximum atomic E-state index is 13.0. The summed E-state index contributed by atoms with van der Waals surface area (Å²) < 4.78 is 25.9. The molecular weight excluding hydrogens is 274 g/mol. The molecule has 1 heterocycles. The van der Waals surface area contributed by atoms with Gasteiger partial charge in [0.2, 0.25) is 0 Å². The highest BCUT2D eigenvalue weighted by Gasteiger charge is 2.23. The first-order chi connectivity index (χ1) is 10.1. The summed E-state index contributed by atoms with van der Waals surface area (Å²) >= 11 is 0. The average Bonchev–Trinajstić information content (AvgIpc) is 2.47. The molecule has 110 valence electrons. The Hall–Kier alpha value is -2.24. The van der Waals surface area contributed by atoms with Gasteiger partial charge in [-0.1, -0.05) is 6.07 Å². The molecule has 0 fully saturated rings. The topological polar surface area (TPSA) is 63.8 Å². The molecule has 0 spiro atoms. The number of aromatic nitrogens is 2. The molecule has 4 nitrogen and oxygen atoms in total. The number of rotatable bonds is 3. The van der Waals surface area contributed by atoms with E-state index >= 15 is 0 Å². The predicted octanol–water partition coefficient (Wildman–Crippen LogP) is 3.49. The lowest BCUT2D eigenvalue weighted by Crippen LogP contribution is -2.19. The lowest BCUT2D eigenvalue weighted by atomic mass is 9.87. The molecule has 0 radical (unpaired) electrons. The van der Waals surface area contributed by atoms with Gasteiger partial charge in [-0.2, -0.15) is 0 Å². The molecule has 0 bridgehead atoms. The molecule has 1 aromatic heterocycles. The zero-order valence-electron chi connectivity index (χ0n) is 11.4. The summed E-state index contributed by atoms with van der Waals surface area (Å²) in [5.41, 5.74) is 8.49. The number of alkyl halides is 2. The number of anilines is 2. The smallest absolute Gasteiger partial charge is 0.283 e. The molecule has 21 heavy (non-hydrogen) atoms. The van der Waals surface area contributed by atoms with Crippen molar-refractivity contribution >= 4 is 11.5 Å². The molecule has 2 aromatic rings. The van der Waals surface area contributed by atoms with Crippen molar-refractivity contribution in [2.75, 3.05) is 11.1 Å². The van der Waals surface area contributed by atoms with Crippen molar-refractivity contribution in [3.8, 4) is 0 Å². The predicted molar refractivity (Wildman–Crippen MR) is 77.1 cm³/mol. The van der Waals surface area contributed by atoms with Crippen molar-refractivity contribution in [1.29, 1.82) is 0 Å². The Kier molecular flexibility index (Phi) is 3.68. The van der Waals surface area contributed by atoms with Crippen LogP contribution in [0.15, 0.2) is 30.6 Å². The molecule has 3 rings (SSSR count). The molecule has 1 aliphatic carbocycles. The maximum Gasteiger partial charge on any atom is 0.283 e. The number of nitrogen functional groups attached to an aromatic ring is 1. The van der Waals surface area contributed by atoms with E-state index in [-0.39, 0.29) is 17.6 Å². The second-order valence-corrected chi connectivity index (χ2v) is 5.14. The summed E-state index contributed by atoms with van der Waals surface area (Å²) in [6, 6.07) is 5.71. The highest BCUT2D eigenvalue weighted by atomic mass is 19.3. The van der Waals surface area contributed by atoms with E-state index < -0.39 is 6.43 Å². The fraction of sp³-hybridized carbons (Fsp3) is 0.333. The van der Waals surface area contributed by atoms with Gasteiger partial charge >= 0.3 is 0 Å². The molecule has 1 atom stereocenters. The van der Waals surface area contributed by atoms with E-state index in [1.165, 1.54) is 18.0 Å². The Bertz CT molecular complexity index is 645. The second-order valence-electron chi connectivity index (χ2n) is 5.14. The van der Waals surface area contributed by atoms with Crippen LogP contribution in [0.5, 0.6) is 0 Å². The molecule has 0 saturated carbocycles. The van der Waals surface area contributed by atoms with Crippen molar-refractivity contribution in [3.05, 3.63) is 47.4 Å². The quantitative estimate of drug-likeness (QED) is 0.849. The minimum absolute atomic E-state index is 0.0384. The standard InChI is InChI=1S/C15H16F2N4/c16-14(17)13-15(20-7-6-19-13)21-12-3-1-2-9-8-10(18)4-5-11(9)12/h4-8,12,14H,1-3,18H2,(H,20,21). The maximum absolute atomic E-state index is 13.0. The van der Waals surface area contributed by atoms with E-state index in [1.54, 1.807) is 0 Å². The van der Waals surface area contributed by atoms with Gasteiger partial charge in [-0.3, -0.25) is 0 Å². The number of fused-ring (bicyclic) bond motifs is 1. The lowest BCUT2D eigenvalue weighted by Gasteiger charge is -2.27. The summed E-state index contributed by atoms with van der Waals surface area (Å²) in [6.07, 6.45) is 2.87. The molecule has 1 aromatic carbocycles. The third-order valence-corrected chi connectivity index (χ3v) is 3.73. The summed E-state index contributed by atoms with van der Waals surface area (Å²) in [5.74, 6) is 0.155. The summed E-state index contributed by atoms with van der Waals surface area (Å²) in [7, 11) is 0. The van der Waals surface area contributed by atoms with Crippen molar-refractivity contribution in [2.24, 2.45) is 0 Å². The van der Waals surface area contributed by atoms with Crippen molar-refractivity contribution < 1.29 is 8.78 Å². The summed E-state index contributed by atoms with van der Waals surface area (Å²) in [5, 5.41) is 3.11. The number of nitrogens with two attached hydrogens (primary N) is 1. The van der Waals surface area contributed by atoms with Crippen molar-refractivity contribution in [2.45, 2.75) is 31.7 Å². The average molecular weight is 290 g/mol.